The molecule has 0 saturated heterocycles. The van der Waals surface area contributed by atoms with Gasteiger partial charge in [0.2, 0.25) is 0 Å². The summed E-state index contributed by atoms with van der Waals surface area (Å²) in [5, 5.41) is 9.28. The van der Waals surface area contributed by atoms with E-state index in [1.54, 1.807) is 39.3 Å². The van der Waals surface area contributed by atoms with Crippen molar-refractivity contribution in [2.45, 2.75) is 19.8 Å². The zero-order chi connectivity index (χ0) is 20.4. The van der Waals surface area contributed by atoms with E-state index in [9.17, 15) is 9.90 Å². The first kappa shape index (κ1) is 21.2. The van der Waals surface area contributed by atoms with Gasteiger partial charge in [-0.05, 0) is 31.9 Å². The number of carbonyl (C=O) groups is 1. The number of esters is 1. The number of rotatable bonds is 6. The number of phenols is 1. The number of para-hydroxylation sites is 2. The third-order valence-electron chi connectivity index (χ3n) is 3.94. The largest absolute Gasteiger partial charge is 0.504 e. The molecule has 1 aliphatic rings. The lowest BCUT2D eigenvalue weighted by Gasteiger charge is -2.20. The second-order valence-corrected chi connectivity index (χ2v) is 5.82. The number of hydrogen-bond acceptors (Lipinski definition) is 7. The van der Waals surface area contributed by atoms with Crippen LogP contribution in [0.3, 0.4) is 0 Å². The van der Waals surface area contributed by atoms with Gasteiger partial charge in [-0.1, -0.05) is 12.1 Å². The Bertz CT molecular complexity index is 756. The lowest BCUT2D eigenvalue weighted by Crippen LogP contribution is -2.14. The van der Waals surface area contributed by atoms with Crippen LogP contribution in [0, 0.1) is 0 Å². The fourth-order valence-electron chi connectivity index (χ4n) is 2.62. The van der Waals surface area contributed by atoms with Crippen LogP contribution in [-0.4, -0.2) is 45.1 Å². The van der Waals surface area contributed by atoms with Gasteiger partial charge in [0.05, 0.1) is 27.4 Å². The maximum absolute atomic E-state index is 10.9. The number of carbonyl (C=O) groups excluding carboxylic acids is 1. The molecule has 0 unspecified atom stereocenters. The number of hydrogen-bond donors (Lipinski definition) is 1. The summed E-state index contributed by atoms with van der Waals surface area (Å²) in [7, 11) is 3.31. The van der Waals surface area contributed by atoms with Crippen LogP contribution in [0.1, 0.15) is 18.9 Å². The lowest BCUT2D eigenvalue weighted by atomic mass is 10.0. The van der Waals surface area contributed by atoms with E-state index < -0.39 is 5.97 Å². The lowest BCUT2D eigenvalue weighted by molar-refractivity contribution is -0.145. The molecule has 0 amide bonds. The second-order valence-electron chi connectivity index (χ2n) is 5.82. The molecule has 1 aliphatic heterocycles. The standard InChI is InChI=1S/C11H14O3.C10H12O4/c1-12-8-6-10(13-2)9-4-3-5-14-11(9)7-8;1-2-13-10(12)7-14-9-6-4-3-5-8(9)11/h6-7H,3-5H2,1-2H3;3-6,11H,2,7H2,1H3. The first-order valence-electron chi connectivity index (χ1n) is 9.03. The number of fused-ring (bicyclic) bond motifs is 1. The molecule has 0 radical (unpaired) electrons. The van der Waals surface area contributed by atoms with Gasteiger partial charge in [0.1, 0.15) is 17.2 Å². The number of aromatic hydroxyl groups is 1. The monoisotopic (exact) mass is 390 g/mol. The molecule has 28 heavy (non-hydrogen) atoms. The third-order valence-corrected chi connectivity index (χ3v) is 3.94. The highest BCUT2D eigenvalue weighted by Gasteiger charge is 2.16. The van der Waals surface area contributed by atoms with E-state index in [0.29, 0.717) is 6.61 Å². The highest BCUT2D eigenvalue weighted by atomic mass is 16.6. The summed E-state index contributed by atoms with van der Waals surface area (Å²) in [5.41, 5.74) is 1.15. The summed E-state index contributed by atoms with van der Waals surface area (Å²) in [6.45, 7) is 2.63. The molecule has 3 rings (SSSR count). The molecule has 0 bridgehead atoms. The Morgan fingerprint density at radius 2 is 1.93 bits per heavy atom. The zero-order valence-electron chi connectivity index (χ0n) is 16.4. The fraction of sp³-hybridized carbons (Fsp3) is 0.381. The third kappa shape index (κ3) is 5.97. The van der Waals surface area contributed by atoms with Crippen molar-refractivity contribution in [2.75, 3.05) is 34.0 Å². The van der Waals surface area contributed by atoms with E-state index in [1.165, 1.54) is 6.07 Å². The highest BCUT2D eigenvalue weighted by Crippen LogP contribution is 2.37. The van der Waals surface area contributed by atoms with Gasteiger partial charge in [0.25, 0.3) is 0 Å². The molecule has 0 saturated carbocycles. The number of ether oxygens (including phenoxy) is 5. The van der Waals surface area contributed by atoms with Gasteiger partial charge in [-0.25, -0.2) is 4.79 Å². The Kier molecular flexibility index (Phi) is 8.27. The van der Waals surface area contributed by atoms with Crippen LogP contribution in [-0.2, 0) is 16.0 Å². The van der Waals surface area contributed by atoms with E-state index in [1.807, 2.05) is 12.1 Å². The fourth-order valence-corrected chi connectivity index (χ4v) is 2.62. The smallest absolute Gasteiger partial charge is 0.344 e. The summed E-state index contributed by atoms with van der Waals surface area (Å²) in [4.78, 5) is 10.9. The molecule has 7 heteroatoms. The maximum Gasteiger partial charge on any atom is 0.344 e. The predicted molar refractivity (Wildman–Crippen MR) is 104 cm³/mol. The molecule has 2 aromatic carbocycles. The molecule has 0 spiro atoms. The molecular formula is C21H26O7. The molecular weight excluding hydrogens is 364 g/mol. The molecule has 7 nitrogen and oxygen atoms in total. The van der Waals surface area contributed by atoms with Gasteiger partial charge in [-0.15, -0.1) is 0 Å². The average molecular weight is 390 g/mol. The van der Waals surface area contributed by atoms with E-state index in [-0.39, 0.29) is 18.1 Å². The Labute approximate surface area is 164 Å². The molecule has 0 aliphatic carbocycles. The Morgan fingerprint density at radius 1 is 1.14 bits per heavy atom. The summed E-state index contributed by atoms with van der Waals surface area (Å²) in [6.07, 6.45) is 2.07. The van der Waals surface area contributed by atoms with E-state index >= 15 is 0 Å². The van der Waals surface area contributed by atoms with Gasteiger partial charge in [0.15, 0.2) is 18.1 Å². The van der Waals surface area contributed by atoms with Crippen molar-refractivity contribution in [3.8, 4) is 28.7 Å². The van der Waals surface area contributed by atoms with Gasteiger partial charge >= 0.3 is 5.97 Å². The van der Waals surface area contributed by atoms with Gasteiger partial charge in [-0.2, -0.15) is 0 Å². The topological polar surface area (TPSA) is 83.5 Å². The predicted octanol–water partition coefficient (Wildman–Crippen LogP) is 3.36. The van der Waals surface area contributed by atoms with Crippen molar-refractivity contribution in [3.63, 3.8) is 0 Å². The first-order valence-corrected chi connectivity index (χ1v) is 9.03. The van der Waals surface area contributed by atoms with Crippen molar-refractivity contribution in [1.82, 2.24) is 0 Å². The molecule has 1 heterocycles. The normalized spacial score (nSPS) is 11.8. The van der Waals surface area contributed by atoms with E-state index in [4.69, 9.17) is 18.9 Å². The van der Waals surface area contributed by atoms with Crippen molar-refractivity contribution in [3.05, 3.63) is 42.0 Å². The molecule has 0 fully saturated rings. The number of methoxy groups -OCH3 is 2. The number of benzene rings is 2. The van der Waals surface area contributed by atoms with Gasteiger partial charge < -0.3 is 28.8 Å². The molecule has 0 atom stereocenters. The molecule has 0 aromatic heterocycles. The minimum Gasteiger partial charge on any atom is -0.504 e. The summed E-state index contributed by atoms with van der Waals surface area (Å²) >= 11 is 0. The van der Waals surface area contributed by atoms with E-state index in [0.717, 1.165) is 42.3 Å². The number of phenolic OH excluding ortho intramolecular Hbond substituents is 1. The Balaban J connectivity index is 0.000000200. The van der Waals surface area contributed by atoms with Crippen LogP contribution >= 0.6 is 0 Å². The van der Waals surface area contributed by atoms with Gasteiger partial charge in [0, 0.05) is 17.7 Å². The van der Waals surface area contributed by atoms with Crippen LogP contribution in [0.15, 0.2) is 36.4 Å². The highest BCUT2D eigenvalue weighted by molar-refractivity contribution is 5.71. The summed E-state index contributed by atoms with van der Waals surface area (Å²) in [5.74, 6) is 2.38. The summed E-state index contributed by atoms with van der Waals surface area (Å²) < 4.78 is 25.7. The van der Waals surface area contributed by atoms with Crippen LogP contribution < -0.4 is 18.9 Å². The average Bonchev–Trinajstić information content (AvgIpc) is 2.73. The quantitative estimate of drug-likeness (QED) is 0.757. The van der Waals surface area contributed by atoms with Crippen molar-refractivity contribution in [1.29, 1.82) is 0 Å². The minimum absolute atomic E-state index is 0.0109. The van der Waals surface area contributed by atoms with Crippen LogP contribution in [0.4, 0.5) is 0 Å². The Hall–Kier alpha value is -3.09. The van der Waals surface area contributed by atoms with Gasteiger partial charge in [-0.3, -0.25) is 0 Å². The molecule has 152 valence electrons. The molecule has 2 aromatic rings. The Morgan fingerprint density at radius 3 is 2.61 bits per heavy atom. The summed E-state index contributed by atoms with van der Waals surface area (Å²) in [6, 6.07) is 10.3. The minimum atomic E-state index is -0.448. The van der Waals surface area contributed by atoms with Crippen LogP contribution in [0.25, 0.3) is 0 Å². The molecule has 1 N–H and O–H groups in total. The maximum atomic E-state index is 10.9. The first-order chi connectivity index (χ1) is 13.6. The van der Waals surface area contributed by atoms with Crippen LogP contribution in [0.2, 0.25) is 0 Å². The van der Waals surface area contributed by atoms with Crippen LogP contribution in [0.5, 0.6) is 28.7 Å². The second kappa shape index (κ2) is 10.9. The SMILES string of the molecule is CCOC(=O)COc1ccccc1O.COc1cc(OC)c2c(c1)OCCC2. The van der Waals surface area contributed by atoms with Crippen molar-refractivity contribution < 1.29 is 33.6 Å². The van der Waals surface area contributed by atoms with Crippen molar-refractivity contribution >= 4 is 5.97 Å². The zero-order valence-corrected chi connectivity index (χ0v) is 16.4. The van der Waals surface area contributed by atoms with Crippen molar-refractivity contribution in [2.24, 2.45) is 0 Å². The van der Waals surface area contributed by atoms with E-state index in [2.05, 4.69) is 4.74 Å².